The highest BCUT2D eigenvalue weighted by Gasteiger charge is 2.17. The number of hydrogen-bond acceptors (Lipinski definition) is 4. The summed E-state index contributed by atoms with van der Waals surface area (Å²) in [7, 11) is 0. The van der Waals surface area contributed by atoms with E-state index in [-0.39, 0.29) is 5.91 Å². The molecule has 2 aromatic heterocycles. The number of nitrogens with two attached hydrogens (primary N) is 1. The van der Waals surface area contributed by atoms with Gasteiger partial charge in [0, 0.05) is 21.1 Å². The standard InChI is InChI=1S/C14H9BrClN3OS/c15-9-4-3-7(16)6-10(9)19-13(20)12-11(17)8-2-1-5-18-14(8)21-12/h1-6H,17H2,(H,19,20). The first-order valence-electron chi connectivity index (χ1n) is 5.95. The first kappa shape index (κ1) is 14.3. The molecule has 106 valence electrons. The summed E-state index contributed by atoms with van der Waals surface area (Å²) in [6, 6.07) is 8.82. The Hall–Kier alpha value is -1.63. The molecular formula is C14H9BrClN3OS. The molecule has 2 heterocycles. The quantitative estimate of drug-likeness (QED) is 0.683. The van der Waals surface area contributed by atoms with Gasteiger partial charge in [-0.3, -0.25) is 4.79 Å². The number of aromatic nitrogens is 1. The highest BCUT2D eigenvalue weighted by atomic mass is 79.9. The van der Waals surface area contributed by atoms with Gasteiger partial charge < -0.3 is 11.1 Å². The fraction of sp³-hybridized carbons (Fsp3) is 0. The number of halogens is 2. The number of pyridine rings is 1. The summed E-state index contributed by atoms with van der Waals surface area (Å²) in [6.07, 6.45) is 1.67. The molecule has 3 rings (SSSR count). The topological polar surface area (TPSA) is 68.0 Å². The van der Waals surface area contributed by atoms with Crippen LogP contribution in [-0.2, 0) is 0 Å². The van der Waals surface area contributed by atoms with Crippen LogP contribution in [0.3, 0.4) is 0 Å². The molecule has 1 aromatic carbocycles. The second-order valence-electron chi connectivity index (χ2n) is 4.28. The molecule has 4 nitrogen and oxygen atoms in total. The largest absolute Gasteiger partial charge is 0.397 e. The van der Waals surface area contributed by atoms with E-state index in [0.29, 0.717) is 21.3 Å². The fourth-order valence-electron chi connectivity index (χ4n) is 1.89. The van der Waals surface area contributed by atoms with Crippen LogP contribution in [0.1, 0.15) is 9.67 Å². The lowest BCUT2D eigenvalue weighted by Crippen LogP contribution is -2.12. The van der Waals surface area contributed by atoms with E-state index in [0.717, 1.165) is 14.7 Å². The van der Waals surface area contributed by atoms with Crippen molar-refractivity contribution in [2.45, 2.75) is 0 Å². The minimum atomic E-state index is -0.279. The Labute approximate surface area is 138 Å². The lowest BCUT2D eigenvalue weighted by Gasteiger charge is -2.07. The maximum Gasteiger partial charge on any atom is 0.267 e. The highest BCUT2D eigenvalue weighted by Crippen LogP contribution is 2.33. The van der Waals surface area contributed by atoms with E-state index < -0.39 is 0 Å². The van der Waals surface area contributed by atoms with Crippen molar-refractivity contribution < 1.29 is 4.79 Å². The minimum Gasteiger partial charge on any atom is -0.397 e. The average Bonchev–Trinajstić information content (AvgIpc) is 2.81. The summed E-state index contributed by atoms with van der Waals surface area (Å²) in [5, 5.41) is 4.13. The number of thiophene rings is 1. The third-order valence-corrected chi connectivity index (χ3v) is 4.94. The van der Waals surface area contributed by atoms with Crippen LogP contribution < -0.4 is 11.1 Å². The molecule has 0 aliphatic rings. The van der Waals surface area contributed by atoms with E-state index in [4.69, 9.17) is 17.3 Å². The fourth-order valence-corrected chi connectivity index (χ4v) is 3.37. The van der Waals surface area contributed by atoms with Crippen molar-refractivity contribution in [2.24, 2.45) is 0 Å². The van der Waals surface area contributed by atoms with Crippen molar-refractivity contribution in [3.8, 4) is 0 Å². The zero-order chi connectivity index (χ0) is 15.0. The lowest BCUT2D eigenvalue weighted by molar-refractivity contribution is 0.103. The van der Waals surface area contributed by atoms with Gasteiger partial charge in [0.1, 0.15) is 9.71 Å². The summed E-state index contributed by atoms with van der Waals surface area (Å²) in [6.45, 7) is 0. The van der Waals surface area contributed by atoms with Crippen LogP contribution in [0.25, 0.3) is 10.2 Å². The number of nitrogens with one attached hydrogen (secondary N) is 1. The van der Waals surface area contributed by atoms with Crippen molar-refractivity contribution >= 4 is 66.4 Å². The summed E-state index contributed by atoms with van der Waals surface area (Å²) in [4.78, 5) is 17.8. The zero-order valence-corrected chi connectivity index (χ0v) is 13.7. The maximum absolute atomic E-state index is 12.4. The number of fused-ring (bicyclic) bond motifs is 1. The van der Waals surface area contributed by atoms with Gasteiger partial charge in [-0.15, -0.1) is 11.3 Å². The number of carbonyl (C=O) groups is 1. The summed E-state index contributed by atoms with van der Waals surface area (Å²) in [5.41, 5.74) is 7.07. The van der Waals surface area contributed by atoms with Gasteiger partial charge in [-0.2, -0.15) is 0 Å². The molecule has 0 saturated heterocycles. The lowest BCUT2D eigenvalue weighted by atomic mass is 10.2. The van der Waals surface area contributed by atoms with Gasteiger partial charge in [-0.05, 0) is 46.3 Å². The van der Waals surface area contributed by atoms with Crippen LogP contribution in [0, 0.1) is 0 Å². The summed E-state index contributed by atoms with van der Waals surface area (Å²) >= 11 is 10.6. The van der Waals surface area contributed by atoms with Gasteiger partial charge in [0.15, 0.2) is 0 Å². The molecule has 3 N–H and O–H groups in total. The van der Waals surface area contributed by atoms with Crippen molar-refractivity contribution in [3.05, 3.63) is 50.9 Å². The minimum absolute atomic E-state index is 0.279. The number of nitrogens with zero attached hydrogens (tertiary/aromatic N) is 1. The van der Waals surface area contributed by atoms with E-state index in [2.05, 4.69) is 26.2 Å². The number of nitrogen functional groups attached to an aromatic ring is 1. The van der Waals surface area contributed by atoms with Crippen LogP contribution in [0.4, 0.5) is 11.4 Å². The predicted octanol–water partition coefficient (Wildman–Crippen LogP) is 4.55. The van der Waals surface area contributed by atoms with E-state index >= 15 is 0 Å². The van der Waals surface area contributed by atoms with E-state index in [1.807, 2.05) is 6.07 Å². The monoisotopic (exact) mass is 381 g/mol. The average molecular weight is 383 g/mol. The van der Waals surface area contributed by atoms with E-state index in [1.54, 1.807) is 30.5 Å². The molecule has 0 bridgehead atoms. The Bertz CT molecular complexity index is 849. The Morgan fingerprint density at radius 3 is 2.95 bits per heavy atom. The number of anilines is 2. The van der Waals surface area contributed by atoms with Crippen LogP contribution in [0.5, 0.6) is 0 Å². The first-order valence-corrected chi connectivity index (χ1v) is 7.94. The summed E-state index contributed by atoms with van der Waals surface area (Å²) in [5.74, 6) is -0.279. The van der Waals surface area contributed by atoms with Gasteiger partial charge in [0.2, 0.25) is 0 Å². The smallest absolute Gasteiger partial charge is 0.267 e. The number of amides is 1. The molecule has 0 aliphatic carbocycles. The number of hydrogen-bond donors (Lipinski definition) is 2. The second kappa shape index (κ2) is 5.63. The van der Waals surface area contributed by atoms with Crippen molar-refractivity contribution in [1.29, 1.82) is 0 Å². The first-order chi connectivity index (χ1) is 10.1. The van der Waals surface area contributed by atoms with E-state index in [1.165, 1.54) is 11.3 Å². The second-order valence-corrected chi connectivity index (χ2v) is 6.57. The van der Waals surface area contributed by atoms with E-state index in [9.17, 15) is 4.79 Å². The number of carbonyl (C=O) groups excluding carboxylic acids is 1. The molecule has 0 aliphatic heterocycles. The third kappa shape index (κ3) is 2.74. The van der Waals surface area contributed by atoms with Crippen molar-refractivity contribution in [3.63, 3.8) is 0 Å². The normalized spacial score (nSPS) is 10.8. The van der Waals surface area contributed by atoms with Crippen LogP contribution in [0.2, 0.25) is 5.02 Å². The van der Waals surface area contributed by atoms with Crippen molar-refractivity contribution in [1.82, 2.24) is 4.98 Å². The highest BCUT2D eigenvalue weighted by molar-refractivity contribution is 9.10. The molecule has 0 fully saturated rings. The van der Waals surface area contributed by atoms with Gasteiger partial charge >= 0.3 is 0 Å². The number of rotatable bonds is 2. The number of benzene rings is 1. The Kier molecular flexibility index (Phi) is 3.84. The molecule has 7 heteroatoms. The van der Waals surface area contributed by atoms with Gasteiger partial charge in [-0.25, -0.2) is 4.98 Å². The molecule has 0 saturated carbocycles. The Morgan fingerprint density at radius 1 is 1.38 bits per heavy atom. The van der Waals surface area contributed by atoms with Crippen LogP contribution in [0.15, 0.2) is 41.0 Å². The van der Waals surface area contributed by atoms with Gasteiger partial charge in [0.05, 0.1) is 11.4 Å². The molecule has 3 aromatic rings. The van der Waals surface area contributed by atoms with Gasteiger partial charge in [-0.1, -0.05) is 11.6 Å². The SMILES string of the molecule is Nc1c(C(=O)Nc2cc(Cl)ccc2Br)sc2ncccc12. The summed E-state index contributed by atoms with van der Waals surface area (Å²) < 4.78 is 0.748. The molecule has 0 atom stereocenters. The third-order valence-electron chi connectivity index (χ3n) is 2.89. The Balaban J connectivity index is 1.97. The Morgan fingerprint density at radius 2 is 2.19 bits per heavy atom. The molecule has 1 amide bonds. The van der Waals surface area contributed by atoms with Crippen LogP contribution in [-0.4, -0.2) is 10.9 Å². The maximum atomic E-state index is 12.4. The predicted molar refractivity (Wildman–Crippen MR) is 91.1 cm³/mol. The molecule has 0 spiro atoms. The molecule has 0 unspecified atom stereocenters. The molecular weight excluding hydrogens is 374 g/mol. The molecule has 21 heavy (non-hydrogen) atoms. The van der Waals surface area contributed by atoms with Gasteiger partial charge in [0.25, 0.3) is 5.91 Å². The van der Waals surface area contributed by atoms with Crippen molar-refractivity contribution in [2.75, 3.05) is 11.1 Å². The molecule has 0 radical (unpaired) electrons. The zero-order valence-electron chi connectivity index (χ0n) is 10.6. The van der Waals surface area contributed by atoms with Crippen LogP contribution >= 0.6 is 38.9 Å².